The average Bonchev–Trinajstić information content (AvgIpc) is 1.80. The maximum Gasteiger partial charge on any atom is 0.348 e. The summed E-state index contributed by atoms with van der Waals surface area (Å²) in [6.45, 7) is 0. The fourth-order valence-corrected chi connectivity index (χ4v) is 0.812. The van der Waals surface area contributed by atoms with Gasteiger partial charge in [-0.2, -0.15) is 4.98 Å². The Morgan fingerprint density at radius 3 is 2.89 bits per heavy atom. The first kappa shape index (κ1) is 6.73. The third kappa shape index (κ3) is 1.51. The number of hydrogen-bond donors (Lipinski definition) is 0. The van der Waals surface area contributed by atoms with E-state index < -0.39 is 0 Å². The Hall–Kier alpha value is -0.390. The predicted octanol–water partition coefficient (Wildman–Crippen LogP) is 0.385. The molecule has 1 heterocycles. The molecule has 1 aromatic rings. The van der Waals surface area contributed by atoms with Gasteiger partial charge in [-0.1, -0.05) is 0 Å². The molecular weight excluding hydrogens is 231 g/mol. The standard InChI is InChI=1S/C5H5IN2O/c1-8-3-2-4(6)7-5(8)9/h2-3H,1H3. The lowest BCUT2D eigenvalue weighted by atomic mass is 10.7. The Morgan fingerprint density at radius 1 is 1.78 bits per heavy atom. The SMILES string of the molecule is Cn1ccc(I)nc1=O. The van der Waals surface area contributed by atoms with Crippen molar-refractivity contribution in [2.45, 2.75) is 0 Å². The van der Waals surface area contributed by atoms with Gasteiger partial charge in [-0.25, -0.2) is 4.79 Å². The first-order valence-corrected chi connectivity index (χ1v) is 3.47. The van der Waals surface area contributed by atoms with Crippen molar-refractivity contribution in [2.75, 3.05) is 0 Å². The van der Waals surface area contributed by atoms with E-state index in [1.165, 1.54) is 4.57 Å². The minimum absolute atomic E-state index is 0.207. The molecular formula is C5H5IN2O. The van der Waals surface area contributed by atoms with Gasteiger partial charge in [0.1, 0.15) is 3.70 Å². The van der Waals surface area contributed by atoms with E-state index in [1.807, 2.05) is 22.6 Å². The molecule has 0 saturated heterocycles. The highest BCUT2D eigenvalue weighted by molar-refractivity contribution is 14.1. The molecule has 4 heteroatoms. The van der Waals surface area contributed by atoms with Crippen molar-refractivity contribution in [1.82, 2.24) is 9.55 Å². The van der Waals surface area contributed by atoms with Crippen LogP contribution in [0.2, 0.25) is 0 Å². The van der Waals surface area contributed by atoms with Gasteiger partial charge in [-0.05, 0) is 28.7 Å². The van der Waals surface area contributed by atoms with Gasteiger partial charge in [0.2, 0.25) is 0 Å². The summed E-state index contributed by atoms with van der Waals surface area (Å²) in [6, 6.07) is 1.78. The normalized spacial score (nSPS) is 9.56. The summed E-state index contributed by atoms with van der Waals surface area (Å²) in [6.07, 6.45) is 1.69. The maximum absolute atomic E-state index is 10.7. The largest absolute Gasteiger partial charge is 0.348 e. The van der Waals surface area contributed by atoms with Crippen molar-refractivity contribution in [3.63, 3.8) is 0 Å². The molecule has 3 nitrogen and oxygen atoms in total. The van der Waals surface area contributed by atoms with E-state index in [0.717, 1.165) is 3.70 Å². The highest BCUT2D eigenvalue weighted by atomic mass is 127. The van der Waals surface area contributed by atoms with Crippen molar-refractivity contribution in [1.29, 1.82) is 0 Å². The quantitative estimate of drug-likeness (QED) is 0.482. The number of aryl methyl sites for hydroxylation is 1. The van der Waals surface area contributed by atoms with E-state index in [9.17, 15) is 4.79 Å². The fourth-order valence-electron chi connectivity index (χ4n) is 0.445. The molecule has 0 unspecified atom stereocenters. The highest BCUT2D eigenvalue weighted by Gasteiger charge is 1.89. The Balaban J connectivity index is 3.34. The van der Waals surface area contributed by atoms with Crippen LogP contribution in [0.4, 0.5) is 0 Å². The summed E-state index contributed by atoms with van der Waals surface area (Å²) in [5.41, 5.74) is -0.207. The smallest absolute Gasteiger partial charge is 0.302 e. The lowest BCUT2D eigenvalue weighted by molar-refractivity contribution is 0.802. The molecule has 48 valence electrons. The van der Waals surface area contributed by atoms with Gasteiger partial charge in [0.25, 0.3) is 0 Å². The Labute approximate surface area is 65.9 Å². The lowest BCUT2D eigenvalue weighted by Gasteiger charge is -1.91. The van der Waals surface area contributed by atoms with Crippen molar-refractivity contribution in [3.8, 4) is 0 Å². The minimum Gasteiger partial charge on any atom is -0.302 e. The molecule has 0 radical (unpaired) electrons. The zero-order chi connectivity index (χ0) is 6.85. The van der Waals surface area contributed by atoms with Crippen LogP contribution >= 0.6 is 22.6 Å². The minimum atomic E-state index is -0.207. The topological polar surface area (TPSA) is 34.9 Å². The summed E-state index contributed by atoms with van der Waals surface area (Å²) in [5.74, 6) is 0. The average molecular weight is 236 g/mol. The van der Waals surface area contributed by atoms with E-state index in [2.05, 4.69) is 4.98 Å². The van der Waals surface area contributed by atoms with Gasteiger partial charge in [0.05, 0.1) is 0 Å². The third-order valence-corrected chi connectivity index (χ3v) is 1.54. The van der Waals surface area contributed by atoms with E-state index in [0.29, 0.717) is 0 Å². The molecule has 0 aromatic carbocycles. The molecule has 0 bridgehead atoms. The van der Waals surface area contributed by atoms with Gasteiger partial charge < -0.3 is 4.57 Å². The number of nitrogens with zero attached hydrogens (tertiary/aromatic N) is 2. The number of halogens is 1. The predicted molar refractivity (Wildman–Crippen MR) is 42.2 cm³/mol. The zero-order valence-electron chi connectivity index (χ0n) is 4.84. The number of rotatable bonds is 0. The molecule has 0 fully saturated rings. The molecule has 0 aliphatic carbocycles. The Morgan fingerprint density at radius 2 is 2.44 bits per heavy atom. The molecule has 0 N–H and O–H groups in total. The first-order chi connectivity index (χ1) is 4.20. The molecule has 0 amide bonds. The van der Waals surface area contributed by atoms with Crippen LogP contribution in [0.15, 0.2) is 17.1 Å². The van der Waals surface area contributed by atoms with Crippen LogP contribution in [-0.4, -0.2) is 9.55 Å². The van der Waals surface area contributed by atoms with E-state index >= 15 is 0 Å². The number of aromatic nitrogens is 2. The van der Waals surface area contributed by atoms with Gasteiger partial charge >= 0.3 is 5.69 Å². The molecule has 1 rings (SSSR count). The van der Waals surface area contributed by atoms with Crippen LogP contribution in [-0.2, 0) is 7.05 Å². The Bertz CT molecular complexity index is 268. The Kier molecular flexibility index (Phi) is 1.84. The van der Waals surface area contributed by atoms with Crippen molar-refractivity contribution in [3.05, 3.63) is 26.4 Å². The second-order valence-corrected chi connectivity index (χ2v) is 2.75. The van der Waals surface area contributed by atoms with Gasteiger partial charge in [0.15, 0.2) is 0 Å². The molecule has 0 aliphatic rings. The summed E-state index contributed by atoms with van der Waals surface area (Å²) >= 11 is 2.00. The van der Waals surface area contributed by atoms with Crippen LogP contribution in [0.1, 0.15) is 0 Å². The van der Waals surface area contributed by atoms with Crippen LogP contribution in [0.5, 0.6) is 0 Å². The van der Waals surface area contributed by atoms with Crippen molar-refractivity contribution < 1.29 is 0 Å². The van der Waals surface area contributed by atoms with Gasteiger partial charge in [-0.15, -0.1) is 0 Å². The second-order valence-electron chi connectivity index (χ2n) is 1.64. The summed E-state index contributed by atoms with van der Waals surface area (Å²) in [4.78, 5) is 14.4. The highest BCUT2D eigenvalue weighted by Crippen LogP contribution is 1.92. The molecule has 0 saturated carbocycles. The van der Waals surface area contributed by atoms with Crippen LogP contribution in [0.3, 0.4) is 0 Å². The zero-order valence-corrected chi connectivity index (χ0v) is 6.99. The third-order valence-electron chi connectivity index (χ3n) is 0.940. The monoisotopic (exact) mass is 236 g/mol. The number of hydrogen-bond acceptors (Lipinski definition) is 2. The lowest BCUT2D eigenvalue weighted by Crippen LogP contribution is -2.19. The molecule has 9 heavy (non-hydrogen) atoms. The second kappa shape index (κ2) is 2.47. The maximum atomic E-state index is 10.7. The van der Waals surface area contributed by atoms with E-state index in [-0.39, 0.29) is 5.69 Å². The molecule has 1 aromatic heterocycles. The van der Waals surface area contributed by atoms with Crippen LogP contribution in [0.25, 0.3) is 0 Å². The summed E-state index contributed by atoms with van der Waals surface area (Å²) in [7, 11) is 1.67. The van der Waals surface area contributed by atoms with E-state index in [4.69, 9.17) is 0 Å². The summed E-state index contributed by atoms with van der Waals surface area (Å²) in [5, 5.41) is 0. The van der Waals surface area contributed by atoms with Crippen molar-refractivity contribution in [2.24, 2.45) is 7.05 Å². The van der Waals surface area contributed by atoms with E-state index in [1.54, 1.807) is 19.3 Å². The van der Waals surface area contributed by atoms with Gasteiger partial charge in [-0.3, -0.25) is 0 Å². The molecule has 0 aliphatic heterocycles. The van der Waals surface area contributed by atoms with Crippen molar-refractivity contribution >= 4 is 22.6 Å². The molecule has 0 spiro atoms. The first-order valence-electron chi connectivity index (χ1n) is 2.39. The van der Waals surface area contributed by atoms with Crippen LogP contribution < -0.4 is 5.69 Å². The molecule has 0 atom stereocenters. The summed E-state index contributed by atoms with van der Waals surface area (Å²) < 4.78 is 2.16. The fraction of sp³-hybridized carbons (Fsp3) is 0.200. The van der Waals surface area contributed by atoms with Crippen LogP contribution in [0, 0.1) is 3.70 Å². The van der Waals surface area contributed by atoms with Gasteiger partial charge in [0, 0.05) is 13.2 Å².